The molecule has 0 spiro atoms. The van der Waals surface area contributed by atoms with Gasteiger partial charge >= 0.3 is 0 Å². The molecule has 2 heterocycles. The molecule has 1 N–H and O–H groups in total. The monoisotopic (exact) mass is 301 g/mol. The van der Waals surface area contributed by atoms with Gasteiger partial charge in [-0.1, -0.05) is 0 Å². The number of halogens is 1. The molecule has 1 aliphatic heterocycles. The van der Waals surface area contributed by atoms with Crippen LogP contribution in [0.15, 0.2) is 4.47 Å². The molecular weight excluding hydrogens is 286 g/mol. The molecule has 0 unspecified atom stereocenters. The summed E-state index contributed by atoms with van der Waals surface area (Å²) in [6, 6.07) is 0.383. The lowest BCUT2D eigenvalue weighted by molar-refractivity contribution is 0.0903. The average molecular weight is 302 g/mol. The minimum absolute atomic E-state index is 0.383. The van der Waals surface area contributed by atoms with Crippen LogP contribution >= 0.6 is 15.9 Å². The summed E-state index contributed by atoms with van der Waals surface area (Å²) in [4.78, 5) is 8.70. The molecule has 94 valence electrons. The standard InChI is InChI=1S/C11H16BrN3O2/c1-7-9(12)10(16-2)15-11(13-7)14-8-3-5-17-6-4-8/h8H,3-6H2,1-2H3,(H,13,14,15). The SMILES string of the molecule is COc1nc(NC2CCOCC2)nc(C)c1Br. The number of hydrogen-bond donors (Lipinski definition) is 1. The summed E-state index contributed by atoms with van der Waals surface area (Å²) in [6.45, 7) is 3.51. The average Bonchev–Trinajstić information content (AvgIpc) is 2.35. The van der Waals surface area contributed by atoms with Gasteiger partial charge in [0, 0.05) is 19.3 Å². The van der Waals surface area contributed by atoms with E-state index in [0.29, 0.717) is 17.9 Å². The Labute approximate surface area is 109 Å². The van der Waals surface area contributed by atoms with E-state index >= 15 is 0 Å². The van der Waals surface area contributed by atoms with Gasteiger partial charge in [0.25, 0.3) is 0 Å². The van der Waals surface area contributed by atoms with Gasteiger partial charge in [-0.3, -0.25) is 0 Å². The van der Waals surface area contributed by atoms with Crippen LogP contribution in [0.25, 0.3) is 0 Å². The molecule has 1 saturated heterocycles. The Morgan fingerprint density at radius 3 is 2.71 bits per heavy atom. The quantitative estimate of drug-likeness (QED) is 0.927. The van der Waals surface area contributed by atoms with Crippen molar-refractivity contribution in [2.45, 2.75) is 25.8 Å². The Morgan fingerprint density at radius 1 is 1.35 bits per heavy atom. The lowest BCUT2D eigenvalue weighted by Crippen LogP contribution is -2.28. The summed E-state index contributed by atoms with van der Waals surface area (Å²) in [7, 11) is 1.60. The van der Waals surface area contributed by atoms with Gasteiger partial charge in [0.2, 0.25) is 11.8 Å². The number of rotatable bonds is 3. The molecule has 0 aliphatic carbocycles. The molecule has 0 saturated carbocycles. The maximum absolute atomic E-state index is 5.31. The third-order valence-corrected chi connectivity index (χ3v) is 3.65. The number of aromatic nitrogens is 2. The fraction of sp³-hybridized carbons (Fsp3) is 0.636. The predicted molar refractivity (Wildman–Crippen MR) is 68.5 cm³/mol. The molecule has 0 atom stereocenters. The van der Waals surface area contributed by atoms with Crippen molar-refractivity contribution in [3.05, 3.63) is 10.2 Å². The Kier molecular flexibility index (Phi) is 4.17. The first-order valence-electron chi connectivity index (χ1n) is 5.63. The third-order valence-electron chi connectivity index (χ3n) is 2.73. The molecule has 1 fully saturated rings. The van der Waals surface area contributed by atoms with Crippen molar-refractivity contribution in [1.82, 2.24) is 9.97 Å². The zero-order valence-corrected chi connectivity index (χ0v) is 11.6. The topological polar surface area (TPSA) is 56.3 Å². The Hall–Kier alpha value is -0.880. The van der Waals surface area contributed by atoms with Crippen molar-refractivity contribution in [1.29, 1.82) is 0 Å². The van der Waals surface area contributed by atoms with Crippen LogP contribution < -0.4 is 10.1 Å². The van der Waals surface area contributed by atoms with E-state index in [1.54, 1.807) is 7.11 Å². The summed E-state index contributed by atoms with van der Waals surface area (Å²) in [5, 5.41) is 3.32. The number of nitrogens with one attached hydrogen (secondary N) is 1. The molecule has 1 aromatic heterocycles. The van der Waals surface area contributed by atoms with E-state index in [4.69, 9.17) is 9.47 Å². The van der Waals surface area contributed by atoms with E-state index in [0.717, 1.165) is 36.2 Å². The zero-order chi connectivity index (χ0) is 12.3. The number of methoxy groups -OCH3 is 1. The molecule has 1 aliphatic rings. The number of anilines is 1. The van der Waals surface area contributed by atoms with Gasteiger partial charge in [0.15, 0.2) is 0 Å². The predicted octanol–water partition coefficient (Wildman–Crippen LogP) is 2.15. The van der Waals surface area contributed by atoms with Crippen molar-refractivity contribution in [2.24, 2.45) is 0 Å². The minimum atomic E-state index is 0.383. The third kappa shape index (κ3) is 3.07. The van der Waals surface area contributed by atoms with Gasteiger partial charge in [0.1, 0.15) is 4.47 Å². The number of ether oxygens (including phenoxy) is 2. The molecule has 0 amide bonds. The summed E-state index contributed by atoms with van der Waals surface area (Å²) in [5.41, 5.74) is 0.867. The molecule has 5 nitrogen and oxygen atoms in total. The van der Waals surface area contributed by atoms with Gasteiger partial charge in [-0.25, -0.2) is 4.98 Å². The van der Waals surface area contributed by atoms with Crippen LogP contribution in [0, 0.1) is 6.92 Å². The van der Waals surface area contributed by atoms with Gasteiger partial charge in [0.05, 0.1) is 12.8 Å². The molecular formula is C11H16BrN3O2. The number of nitrogens with zero attached hydrogens (tertiary/aromatic N) is 2. The van der Waals surface area contributed by atoms with Crippen LogP contribution in [-0.4, -0.2) is 36.3 Å². The molecule has 0 aromatic carbocycles. The lowest BCUT2D eigenvalue weighted by atomic mass is 10.1. The Morgan fingerprint density at radius 2 is 2.06 bits per heavy atom. The van der Waals surface area contributed by atoms with Crippen LogP contribution in [0.3, 0.4) is 0 Å². The van der Waals surface area contributed by atoms with Crippen LogP contribution in [0.4, 0.5) is 5.95 Å². The molecule has 6 heteroatoms. The smallest absolute Gasteiger partial charge is 0.232 e. The van der Waals surface area contributed by atoms with Gasteiger partial charge in [-0.05, 0) is 35.7 Å². The molecule has 17 heavy (non-hydrogen) atoms. The minimum Gasteiger partial charge on any atom is -0.480 e. The summed E-state index contributed by atoms with van der Waals surface area (Å²) < 4.78 is 11.3. The van der Waals surface area contributed by atoms with Crippen molar-refractivity contribution in [2.75, 3.05) is 25.6 Å². The van der Waals surface area contributed by atoms with Crippen molar-refractivity contribution >= 4 is 21.9 Å². The molecule has 2 rings (SSSR count). The highest BCUT2D eigenvalue weighted by molar-refractivity contribution is 9.10. The fourth-order valence-corrected chi connectivity index (χ4v) is 2.10. The van der Waals surface area contributed by atoms with Crippen LogP contribution in [0.1, 0.15) is 18.5 Å². The number of hydrogen-bond acceptors (Lipinski definition) is 5. The van der Waals surface area contributed by atoms with E-state index in [9.17, 15) is 0 Å². The summed E-state index contributed by atoms with van der Waals surface area (Å²) >= 11 is 3.40. The first-order valence-corrected chi connectivity index (χ1v) is 6.42. The van der Waals surface area contributed by atoms with Gasteiger partial charge in [-0.2, -0.15) is 4.98 Å². The first kappa shape index (κ1) is 12.6. The maximum atomic E-state index is 5.31. The second kappa shape index (κ2) is 5.64. The fourth-order valence-electron chi connectivity index (χ4n) is 1.76. The highest BCUT2D eigenvalue weighted by Crippen LogP contribution is 2.26. The largest absolute Gasteiger partial charge is 0.480 e. The summed E-state index contributed by atoms with van der Waals surface area (Å²) in [6.07, 6.45) is 1.97. The van der Waals surface area contributed by atoms with E-state index in [2.05, 4.69) is 31.2 Å². The van der Waals surface area contributed by atoms with E-state index in [1.807, 2.05) is 6.92 Å². The highest BCUT2D eigenvalue weighted by Gasteiger charge is 2.16. The van der Waals surface area contributed by atoms with E-state index in [1.165, 1.54) is 0 Å². The molecule has 0 bridgehead atoms. The normalized spacial score (nSPS) is 16.9. The van der Waals surface area contributed by atoms with Crippen molar-refractivity contribution in [3.8, 4) is 5.88 Å². The Balaban J connectivity index is 2.12. The van der Waals surface area contributed by atoms with Crippen LogP contribution in [0.2, 0.25) is 0 Å². The zero-order valence-electron chi connectivity index (χ0n) is 9.99. The number of aryl methyl sites for hydroxylation is 1. The first-order chi connectivity index (χ1) is 8.20. The summed E-state index contributed by atoms with van der Waals surface area (Å²) in [5.74, 6) is 1.18. The highest BCUT2D eigenvalue weighted by atomic mass is 79.9. The second-order valence-corrected chi connectivity index (χ2v) is 4.78. The van der Waals surface area contributed by atoms with E-state index in [-0.39, 0.29) is 0 Å². The van der Waals surface area contributed by atoms with Crippen molar-refractivity contribution in [3.63, 3.8) is 0 Å². The van der Waals surface area contributed by atoms with E-state index < -0.39 is 0 Å². The van der Waals surface area contributed by atoms with Gasteiger partial charge in [-0.15, -0.1) is 0 Å². The second-order valence-electron chi connectivity index (χ2n) is 3.99. The van der Waals surface area contributed by atoms with Crippen LogP contribution in [-0.2, 0) is 4.74 Å². The van der Waals surface area contributed by atoms with Crippen LogP contribution in [0.5, 0.6) is 5.88 Å². The molecule has 1 aromatic rings. The lowest BCUT2D eigenvalue weighted by Gasteiger charge is -2.23. The Bertz CT molecular complexity index is 395. The molecule has 0 radical (unpaired) electrons. The van der Waals surface area contributed by atoms with Gasteiger partial charge < -0.3 is 14.8 Å². The van der Waals surface area contributed by atoms with Crippen molar-refractivity contribution < 1.29 is 9.47 Å². The maximum Gasteiger partial charge on any atom is 0.232 e.